The molecule has 0 aliphatic heterocycles. The first-order chi connectivity index (χ1) is 8.22. The number of hydrogen-bond donors (Lipinski definition) is 0. The average molecular weight is 232 g/mol. The van der Waals surface area contributed by atoms with E-state index in [0.29, 0.717) is 6.42 Å². The molecule has 0 unspecified atom stereocenters. The lowest BCUT2D eigenvalue weighted by molar-refractivity contribution is -0.143. The molecule has 2 atom stereocenters. The normalized spacial score (nSPS) is 27.1. The van der Waals surface area contributed by atoms with Crippen LogP contribution >= 0.6 is 0 Å². The van der Waals surface area contributed by atoms with Gasteiger partial charge in [-0.25, -0.2) is 0 Å². The lowest BCUT2D eigenvalue weighted by Crippen LogP contribution is -2.17. The van der Waals surface area contributed by atoms with E-state index in [0.717, 1.165) is 5.56 Å². The van der Waals surface area contributed by atoms with E-state index in [1.165, 1.54) is 7.11 Å². The fourth-order valence-corrected chi connectivity index (χ4v) is 1.96. The summed E-state index contributed by atoms with van der Waals surface area (Å²) in [6.45, 7) is 0. The summed E-state index contributed by atoms with van der Waals surface area (Å²) in [5.41, 5.74) is 0.627. The van der Waals surface area contributed by atoms with E-state index in [4.69, 9.17) is 9.47 Å². The number of hydrogen-bond acceptors (Lipinski definition) is 3. The molecule has 2 rings (SSSR count). The molecule has 0 heterocycles. The first-order valence-corrected chi connectivity index (χ1v) is 5.59. The zero-order valence-electron chi connectivity index (χ0n) is 10.1. The van der Waals surface area contributed by atoms with Crippen molar-refractivity contribution < 1.29 is 14.3 Å². The Hall–Kier alpha value is -1.61. The number of carbonyl (C=O) groups is 1. The molecule has 1 aromatic carbocycles. The highest BCUT2D eigenvalue weighted by Gasteiger charge is 2.58. The molecule has 1 aliphatic rings. The lowest BCUT2D eigenvalue weighted by Gasteiger charge is -2.09. The maximum Gasteiger partial charge on any atom is 0.312 e. The molecule has 0 bridgehead atoms. The van der Waals surface area contributed by atoms with Crippen molar-refractivity contribution >= 4 is 12.0 Å². The summed E-state index contributed by atoms with van der Waals surface area (Å²) >= 11 is 0. The Labute approximate surface area is 101 Å². The maximum atomic E-state index is 11.4. The zero-order valence-corrected chi connectivity index (χ0v) is 10.1. The Balaban J connectivity index is 2.08. The van der Waals surface area contributed by atoms with E-state index < -0.39 is 5.60 Å². The quantitative estimate of drug-likeness (QED) is 0.747. The Kier molecular flexibility index (Phi) is 3.29. The Morgan fingerprint density at radius 1 is 1.35 bits per heavy atom. The summed E-state index contributed by atoms with van der Waals surface area (Å²) < 4.78 is 10.1. The highest BCUT2D eigenvalue weighted by Crippen LogP contribution is 2.48. The van der Waals surface area contributed by atoms with Crippen molar-refractivity contribution in [3.8, 4) is 0 Å². The molecule has 17 heavy (non-hydrogen) atoms. The molecule has 0 amide bonds. The van der Waals surface area contributed by atoms with Crippen molar-refractivity contribution in [3.63, 3.8) is 0 Å². The van der Waals surface area contributed by atoms with Crippen LogP contribution in [0.15, 0.2) is 36.4 Å². The van der Waals surface area contributed by atoms with Gasteiger partial charge in [-0.05, 0) is 12.0 Å². The standard InChI is InChI=1S/C14H16O3/c1-16-13(15)12-10-14(12,17-2)9-8-11-6-4-3-5-7-11/h3-9,12H,10H2,1-2H3/b9-8+/t12-,14-/m0/s1. The third kappa shape index (κ3) is 2.39. The lowest BCUT2D eigenvalue weighted by atomic mass is 10.1. The van der Waals surface area contributed by atoms with Gasteiger partial charge in [0.1, 0.15) is 5.60 Å². The molecule has 0 N–H and O–H groups in total. The van der Waals surface area contributed by atoms with Gasteiger partial charge in [0.25, 0.3) is 0 Å². The molecule has 0 radical (unpaired) electrons. The number of rotatable bonds is 4. The molecule has 1 aliphatic carbocycles. The molecular formula is C14H16O3. The van der Waals surface area contributed by atoms with E-state index in [-0.39, 0.29) is 11.9 Å². The third-order valence-corrected chi connectivity index (χ3v) is 3.18. The molecular weight excluding hydrogens is 216 g/mol. The van der Waals surface area contributed by atoms with Gasteiger partial charge in [0.05, 0.1) is 13.0 Å². The SMILES string of the molecule is COC(=O)[C@@H]1C[C@]1(/C=C/c1ccccc1)OC. The van der Waals surface area contributed by atoms with Crippen LogP contribution in [0.1, 0.15) is 12.0 Å². The number of carbonyl (C=O) groups excluding carboxylic acids is 1. The molecule has 3 heteroatoms. The number of benzene rings is 1. The summed E-state index contributed by atoms with van der Waals surface area (Å²) in [4.78, 5) is 11.4. The summed E-state index contributed by atoms with van der Waals surface area (Å²) in [6.07, 6.45) is 4.62. The second kappa shape index (κ2) is 4.72. The molecule has 1 fully saturated rings. The van der Waals surface area contributed by atoms with Crippen molar-refractivity contribution in [2.24, 2.45) is 5.92 Å². The molecule has 0 spiro atoms. The molecule has 0 aromatic heterocycles. The number of methoxy groups -OCH3 is 2. The van der Waals surface area contributed by atoms with Crippen LogP contribution in [0.2, 0.25) is 0 Å². The van der Waals surface area contributed by atoms with Crippen molar-refractivity contribution in [2.45, 2.75) is 12.0 Å². The van der Waals surface area contributed by atoms with Crippen LogP contribution in [-0.4, -0.2) is 25.8 Å². The topological polar surface area (TPSA) is 35.5 Å². The Bertz CT molecular complexity index is 424. The van der Waals surface area contributed by atoms with Gasteiger partial charge in [0.15, 0.2) is 0 Å². The van der Waals surface area contributed by atoms with Gasteiger partial charge in [0.2, 0.25) is 0 Å². The average Bonchev–Trinajstić information content (AvgIpc) is 3.12. The van der Waals surface area contributed by atoms with E-state index >= 15 is 0 Å². The highest BCUT2D eigenvalue weighted by atomic mass is 16.5. The van der Waals surface area contributed by atoms with Crippen LogP contribution < -0.4 is 0 Å². The van der Waals surface area contributed by atoms with Crippen LogP contribution in [0.4, 0.5) is 0 Å². The minimum atomic E-state index is -0.469. The maximum absolute atomic E-state index is 11.4. The molecule has 0 saturated heterocycles. The minimum absolute atomic E-state index is 0.169. The number of ether oxygens (including phenoxy) is 2. The summed E-state index contributed by atoms with van der Waals surface area (Å²) in [5, 5.41) is 0. The third-order valence-electron chi connectivity index (χ3n) is 3.18. The first kappa shape index (κ1) is 11.9. The summed E-state index contributed by atoms with van der Waals surface area (Å²) in [5.74, 6) is -0.373. The molecule has 1 saturated carbocycles. The first-order valence-electron chi connectivity index (χ1n) is 5.59. The van der Waals surface area contributed by atoms with Crippen LogP contribution in [0.5, 0.6) is 0 Å². The van der Waals surface area contributed by atoms with E-state index in [1.807, 2.05) is 42.5 Å². The monoisotopic (exact) mass is 232 g/mol. The predicted molar refractivity (Wildman–Crippen MR) is 65.3 cm³/mol. The van der Waals surface area contributed by atoms with Gasteiger partial charge in [-0.15, -0.1) is 0 Å². The Morgan fingerprint density at radius 3 is 2.65 bits per heavy atom. The van der Waals surface area contributed by atoms with Gasteiger partial charge < -0.3 is 9.47 Å². The summed E-state index contributed by atoms with van der Waals surface area (Å²) in [6, 6.07) is 9.94. The summed E-state index contributed by atoms with van der Waals surface area (Å²) in [7, 11) is 3.03. The van der Waals surface area contributed by atoms with Gasteiger partial charge in [-0.1, -0.05) is 42.5 Å². The minimum Gasteiger partial charge on any atom is -0.469 e. The zero-order chi connectivity index (χ0) is 12.3. The predicted octanol–water partition coefficient (Wildman–Crippen LogP) is 2.28. The van der Waals surface area contributed by atoms with Crippen molar-refractivity contribution in [2.75, 3.05) is 14.2 Å². The fraction of sp³-hybridized carbons (Fsp3) is 0.357. The van der Waals surface area contributed by atoms with Gasteiger partial charge in [-0.3, -0.25) is 4.79 Å². The van der Waals surface area contributed by atoms with Crippen LogP contribution in [0, 0.1) is 5.92 Å². The fourth-order valence-electron chi connectivity index (χ4n) is 1.96. The number of esters is 1. The van der Waals surface area contributed by atoms with Crippen LogP contribution in [0.25, 0.3) is 6.08 Å². The van der Waals surface area contributed by atoms with Gasteiger partial charge in [-0.2, -0.15) is 0 Å². The second-order valence-electron chi connectivity index (χ2n) is 4.18. The molecule has 90 valence electrons. The van der Waals surface area contributed by atoms with E-state index in [1.54, 1.807) is 7.11 Å². The smallest absolute Gasteiger partial charge is 0.312 e. The molecule has 3 nitrogen and oxygen atoms in total. The van der Waals surface area contributed by atoms with Crippen molar-refractivity contribution in [1.82, 2.24) is 0 Å². The van der Waals surface area contributed by atoms with E-state index in [2.05, 4.69) is 0 Å². The Morgan fingerprint density at radius 2 is 2.06 bits per heavy atom. The van der Waals surface area contributed by atoms with Crippen LogP contribution in [0.3, 0.4) is 0 Å². The van der Waals surface area contributed by atoms with Crippen LogP contribution in [-0.2, 0) is 14.3 Å². The highest BCUT2D eigenvalue weighted by molar-refractivity contribution is 5.79. The van der Waals surface area contributed by atoms with Crippen molar-refractivity contribution in [1.29, 1.82) is 0 Å². The van der Waals surface area contributed by atoms with Crippen molar-refractivity contribution in [3.05, 3.63) is 42.0 Å². The van der Waals surface area contributed by atoms with E-state index in [9.17, 15) is 4.79 Å². The second-order valence-corrected chi connectivity index (χ2v) is 4.18. The largest absolute Gasteiger partial charge is 0.469 e. The van der Waals surface area contributed by atoms with Gasteiger partial charge in [0, 0.05) is 7.11 Å². The van der Waals surface area contributed by atoms with Gasteiger partial charge >= 0.3 is 5.97 Å². The molecule has 1 aromatic rings.